The Labute approximate surface area is 152 Å². The van der Waals surface area contributed by atoms with Crippen LogP contribution in [0.2, 0.25) is 0 Å². The third kappa shape index (κ3) is 1.80. The predicted octanol–water partition coefficient (Wildman–Crippen LogP) is -0.608. The van der Waals surface area contributed by atoms with Crippen molar-refractivity contribution in [3.8, 4) is 0 Å². The Balaban J connectivity index is 1.86. The zero-order valence-corrected chi connectivity index (χ0v) is 14.3. The highest BCUT2D eigenvalue weighted by atomic mass is 35.5. The maximum Gasteiger partial charge on any atom is 0.193 e. The number of aliphatic imine (C=N–C) groups is 2. The quantitative estimate of drug-likeness (QED) is 0.217. The Morgan fingerprint density at radius 2 is 1.96 bits per heavy atom. The van der Waals surface area contributed by atoms with Crippen molar-refractivity contribution in [2.45, 2.75) is 22.8 Å². The van der Waals surface area contributed by atoms with E-state index in [9.17, 15) is 5.11 Å². The number of halogens is 1. The molecule has 1 saturated heterocycles. The number of nitrogens with one attached hydrogen (secondary N) is 1. The molecule has 6 N–H and O–H groups in total. The average molecular weight is 381 g/mol. The highest BCUT2D eigenvalue weighted by molar-refractivity contribution is 6.22. The largest absolute Gasteiger partial charge is 0.370 e. The van der Waals surface area contributed by atoms with Gasteiger partial charge in [0.25, 0.3) is 0 Å². The smallest absolute Gasteiger partial charge is 0.193 e. The molecule has 2 unspecified atom stereocenters. The predicted molar refractivity (Wildman–Crippen MR) is 92.7 cm³/mol. The first-order chi connectivity index (χ1) is 12.4. The highest BCUT2D eigenvalue weighted by Crippen LogP contribution is 2.62. The van der Waals surface area contributed by atoms with E-state index in [1.165, 1.54) is 0 Å². The van der Waals surface area contributed by atoms with Gasteiger partial charge in [0.05, 0.1) is 17.5 Å². The van der Waals surface area contributed by atoms with Crippen LogP contribution in [0.1, 0.15) is 0 Å². The van der Waals surface area contributed by atoms with E-state index in [2.05, 4.69) is 35.4 Å². The van der Waals surface area contributed by atoms with E-state index >= 15 is 0 Å². The van der Waals surface area contributed by atoms with Gasteiger partial charge >= 0.3 is 0 Å². The molecule has 1 aliphatic carbocycles. The molecule has 2 fully saturated rings. The summed E-state index contributed by atoms with van der Waals surface area (Å²) in [5.41, 5.74) is 27.0. The van der Waals surface area contributed by atoms with Gasteiger partial charge in [0.1, 0.15) is 0 Å². The lowest BCUT2D eigenvalue weighted by Gasteiger charge is -2.37. The molecule has 1 spiro atoms. The van der Waals surface area contributed by atoms with Gasteiger partial charge in [0.2, 0.25) is 0 Å². The summed E-state index contributed by atoms with van der Waals surface area (Å²) in [6.07, 6.45) is -0.783. The number of guanidine groups is 2. The number of hydrogen-bond donors (Lipinski definition) is 4. The molecule has 0 aromatic carbocycles. The van der Waals surface area contributed by atoms with Crippen molar-refractivity contribution in [2.75, 3.05) is 19.6 Å². The standard InChI is InChI=1S/C12H17ClN12O/c13-7-5(2-20-24-17)4(1-19-23-16)6-11(7)3-18-10(15)25(11)8-12(6,26)22-9(14)21-8/h4-8,26H,1-3H2,(H2,15,18)(H3,14,21,22)/t4-,5-,6+,7+,8?,11+,12?/m1/s1. The summed E-state index contributed by atoms with van der Waals surface area (Å²) in [6.45, 7) is 0.425. The molecule has 26 heavy (non-hydrogen) atoms. The summed E-state index contributed by atoms with van der Waals surface area (Å²) in [4.78, 5) is 16.0. The molecule has 138 valence electrons. The van der Waals surface area contributed by atoms with Crippen LogP contribution in [-0.4, -0.2) is 64.4 Å². The van der Waals surface area contributed by atoms with Crippen LogP contribution in [0.4, 0.5) is 0 Å². The number of azide groups is 2. The Hall–Kier alpha value is -2.59. The van der Waals surface area contributed by atoms with Crippen LogP contribution in [0.25, 0.3) is 20.9 Å². The van der Waals surface area contributed by atoms with Crippen molar-refractivity contribution in [2.24, 2.45) is 49.4 Å². The van der Waals surface area contributed by atoms with Crippen LogP contribution in [0.5, 0.6) is 0 Å². The first-order valence-electron chi connectivity index (χ1n) is 8.00. The number of alkyl halides is 1. The summed E-state index contributed by atoms with van der Waals surface area (Å²) >= 11 is 6.85. The minimum absolute atomic E-state index is 0.0715. The van der Waals surface area contributed by atoms with E-state index in [1.54, 1.807) is 4.90 Å². The number of fused-ring (bicyclic) bond motifs is 3. The molecule has 14 heteroatoms. The molecule has 3 aliphatic heterocycles. The number of nitrogens with two attached hydrogens (primary N) is 2. The molecule has 4 rings (SSSR count). The molecule has 4 aliphatic rings. The van der Waals surface area contributed by atoms with E-state index in [4.69, 9.17) is 34.1 Å². The van der Waals surface area contributed by atoms with Crippen molar-refractivity contribution >= 4 is 23.5 Å². The Kier molecular flexibility index (Phi) is 3.53. The molecule has 0 bridgehead atoms. The van der Waals surface area contributed by atoms with E-state index in [-0.39, 0.29) is 43.4 Å². The van der Waals surface area contributed by atoms with Gasteiger partial charge < -0.3 is 26.8 Å². The first-order valence-corrected chi connectivity index (χ1v) is 8.44. The Morgan fingerprint density at radius 1 is 1.31 bits per heavy atom. The van der Waals surface area contributed by atoms with E-state index in [1.807, 2.05) is 0 Å². The molecule has 0 radical (unpaired) electrons. The maximum absolute atomic E-state index is 11.5. The molecule has 7 atom stereocenters. The molecule has 0 amide bonds. The zero-order chi connectivity index (χ0) is 18.7. The Bertz CT molecular complexity index is 802. The average Bonchev–Trinajstić information content (AvgIpc) is 3.21. The van der Waals surface area contributed by atoms with Crippen molar-refractivity contribution in [1.29, 1.82) is 0 Å². The topological polar surface area (TPSA) is 210 Å². The summed E-state index contributed by atoms with van der Waals surface area (Å²) in [5.74, 6) is -0.973. The molecular formula is C12H17ClN12O. The third-order valence-electron chi connectivity index (χ3n) is 5.97. The van der Waals surface area contributed by atoms with Gasteiger partial charge in [-0.1, -0.05) is 10.2 Å². The minimum atomic E-state index is -1.54. The first kappa shape index (κ1) is 16.9. The van der Waals surface area contributed by atoms with Gasteiger partial charge in [-0.25, -0.2) is 4.99 Å². The summed E-state index contributed by atoms with van der Waals surface area (Å²) < 4.78 is 0. The molecule has 13 nitrogen and oxygen atoms in total. The summed E-state index contributed by atoms with van der Waals surface area (Å²) in [5, 5.41) is 21.1. The second-order valence-corrected chi connectivity index (χ2v) is 7.38. The van der Waals surface area contributed by atoms with Crippen molar-refractivity contribution in [3.05, 3.63) is 20.9 Å². The second-order valence-electron chi connectivity index (χ2n) is 6.91. The molecular weight excluding hydrogens is 364 g/mol. The second kappa shape index (κ2) is 5.45. The number of rotatable bonds is 4. The Morgan fingerprint density at radius 3 is 2.62 bits per heavy atom. The van der Waals surface area contributed by atoms with Gasteiger partial charge in [-0.2, -0.15) is 0 Å². The highest BCUT2D eigenvalue weighted by Gasteiger charge is 2.79. The van der Waals surface area contributed by atoms with E-state index in [0.29, 0.717) is 0 Å². The third-order valence-corrected chi connectivity index (χ3v) is 6.67. The lowest BCUT2D eigenvalue weighted by molar-refractivity contribution is -0.0442. The summed E-state index contributed by atoms with van der Waals surface area (Å²) in [6, 6.07) is 0. The van der Waals surface area contributed by atoms with Crippen LogP contribution >= 0.6 is 11.6 Å². The summed E-state index contributed by atoms with van der Waals surface area (Å²) in [7, 11) is 0. The molecule has 1 saturated carbocycles. The van der Waals surface area contributed by atoms with E-state index in [0.717, 1.165) is 0 Å². The molecule has 3 heterocycles. The monoisotopic (exact) mass is 380 g/mol. The zero-order valence-electron chi connectivity index (χ0n) is 13.5. The van der Waals surface area contributed by atoms with Crippen molar-refractivity contribution < 1.29 is 5.11 Å². The van der Waals surface area contributed by atoms with Gasteiger partial charge in [0, 0.05) is 28.8 Å². The number of hydrogen-bond acceptors (Lipinski definition) is 9. The fraction of sp³-hybridized carbons (Fsp3) is 0.833. The van der Waals surface area contributed by atoms with Gasteiger partial charge in [-0.05, 0) is 22.9 Å². The minimum Gasteiger partial charge on any atom is -0.370 e. The van der Waals surface area contributed by atoms with Crippen LogP contribution in [-0.2, 0) is 0 Å². The number of aliphatic hydroxyl groups is 1. The number of nitrogens with zero attached hydrogens (tertiary/aromatic N) is 9. The maximum atomic E-state index is 11.5. The van der Waals surface area contributed by atoms with Crippen molar-refractivity contribution in [3.63, 3.8) is 0 Å². The van der Waals surface area contributed by atoms with Crippen LogP contribution in [0.15, 0.2) is 20.2 Å². The normalized spacial score (nSPS) is 44.8. The molecule has 0 aromatic heterocycles. The van der Waals surface area contributed by atoms with Crippen molar-refractivity contribution in [1.82, 2.24) is 10.2 Å². The van der Waals surface area contributed by atoms with Crippen LogP contribution < -0.4 is 16.8 Å². The molecule has 0 aromatic rings. The van der Waals surface area contributed by atoms with Gasteiger partial charge in [-0.15, -0.1) is 11.6 Å². The van der Waals surface area contributed by atoms with Crippen LogP contribution in [0.3, 0.4) is 0 Å². The fourth-order valence-corrected chi connectivity index (χ4v) is 5.81. The SMILES string of the molecule is [N-]=[N+]=NC[C@@H]1[C@@H](CN=[N+]=[N-])[C@H](Cl)[C@@]23CN=C(N)N2C2N=C(N)NC2(O)[C@@H]13. The lowest BCUT2D eigenvalue weighted by atomic mass is 9.78. The van der Waals surface area contributed by atoms with Gasteiger partial charge in [-0.3, -0.25) is 4.99 Å². The lowest BCUT2D eigenvalue weighted by Crippen LogP contribution is -2.58. The fourth-order valence-electron chi connectivity index (χ4n) is 5.23. The van der Waals surface area contributed by atoms with Crippen LogP contribution in [0, 0.1) is 17.8 Å². The van der Waals surface area contributed by atoms with Gasteiger partial charge in [0.15, 0.2) is 23.8 Å². The van der Waals surface area contributed by atoms with E-state index < -0.39 is 28.7 Å².